The Morgan fingerprint density at radius 3 is 3.00 bits per heavy atom. The standard InChI is InChI=1S/C11H18N4O/c1-8-7-15(3)9(2)6-10(8)13-14-11(16)4-5-12/h8-9H,4,6-7H2,1-3H3,(H,14,16)/b13-10-/t8-,9+/m0/s1. The van der Waals surface area contributed by atoms with Crippen LogP contribution in [0.2, 0.25) is 0 Å². The van der Waals surface area contributed by atoms with E-state index in [-0.39, 0.29) is 12.3 Å². The average Bonchev–Trinajstić information content (AvgIpc) is 2.22. The fourth-order valence-electron chi connectivity index (χ4n) is 1.78. The second kappa shape index (κ2) is 5.61. The fourth-order valence-corrected chi connectivity index (χ4v) is 1.78. The quantitative estimate of drug-likeness (QED) is 0.700. The number of rotatable bonds is 2. The van der Waals surface area contributed by atoms with Crippen LogP contribution >= 0.6 is 0 Å². The first-order chi connectivity index (χ1) is 7.54. The van der Waals surface area contributed by atoms with E-state index in [0.717, 1.165) is 18.7 Å². The molecule has 1 aliphatic heterocycles. The van der Waals surface area contributed by atoms with Gasteiger partial charge in [0.1, 0.15) is 6.42 Å². The van der Waals surface area contributed by atoms with Crippen molar-refractivity contribution in [1.82, 2.24) is 10.3 Å². The van der Waals surface area contributed by atoms with E-state index < -0.39 is 0 Å². The minimum atomic E-state index is -0.339. The molecule has 5 heteroatoms. The Balaban J connectivity index is 2.56. The SMILES string of the molecule is C[C@@H]1C/C(=N/NC(=O)CC#N)[C@@H](C)CN1C. The first kappa shape index (κ1) is 12.7. The molecular weight excluding hydrogens is 204 g/mol. The summed E-state index contributed by atoms with van der Waals surface area (Å²) in [6.45, 7) is 5.18. The maximum Gasteiger partial charge on any atom is 0.254 e. The molecule has 0 spiro atoms. The van der Waals surface area contributed by atoms with Crippen LogP contribution in [0.1, 0.15) is 26.7 Å². The third kappa shape index (κ3) is 3.31. The molecular formula is C11H18N4O. The summed E-state index contributed by atoms with van der Waals surface area (Å²) in [5.74, 6) is 0.0115. The maximum absolute atomic E-state index is 11.1. The lowest BCUT2D eigenvalue weighted by molar-refractivity contribution is -0.120. The summed E-state index contributed by atoms with van der Waals surface area (Å²) in [6, 6.07) is 2.24. The third-order valence-electron chi connectivity index (χ3n) is 2.95. The van der Waals surface area contributed by atoms with E-state index in [1.165, 1.54) is 0 Å². The van der Waals surface area contributed by atoms with Gasteiger partial charge in [-0.05, 0) is 14.0 Å². The van der Waals surface area contributed by atoms with Gasteiger partial charge in [-0.1, -0.05) is 6.92 Å². The Morgan fingerprint density at radius 1 is 1.69 bits per heavy atom. The highest BCUT2D eigenvalue weighted by molar-refractivity contribution is 5.89. The van der Waals surface area contributed by atoms with Gasteiger partial charge in [0.2, 0.25) is 0 Å². The molecule has 0 saturated carbocycles. The third-order valence-corrected chi connectivity index (χ3v) is 2.95. The molecule has 16 heavy (non-hydrogen) atoms. The molecule has 2 atom stereocenters. The minimum absolute atomic E-state index is 0.138. The number of carbonyl (C=O) groups excluding carboxylic acids is 1. The molecule has 0 aromatic heterocycles. The highest BCUT2D eigenvalue weighted by Gasteiger charge is 2.25. The number of piperidine rings is 1. The van der Waals surface area contributed by atoms with Crippen molar-refractivity contribution in [3.63, 3.8) is 0 Å². The number of hydrogen-bond donors (Lipinski definition) is 1. The van der Waals surface area contributed by atoms with Gasteiger partial charge in [0.15, 0.2) is 0 Å². The van der Waals surface area contributed by atoms with Gasteiger partial charge in [-0.15, -0.1) is 0 Å². The second-order valence-corrected chi connectivity index (χ2v) is 4.37. The summed E-state index contributed by atoms with van der Waals surface area (Å²) in [5.41, 5.74) is 3.44. The lowest BCUT2D eigenvalue weighted by Gasteiger charge is -2.34. The van der Waals surface area contributed by atoms with Gasteiger partial charge in [-0.3, -0.25) is 4.79 Å². The zero-order valence-corrected chi connectivity index (χ0v) is 10.0. The summed E-state index contributed by atoms with van der Waals surface area (Å²) in [5, 5.41) is 12.4. The van der Waals surface area contributed by atoms with Crippen molar-refractivity contribution in [2.75, 3.05) is 13.6 Å². The number of hydrazone groups is 1. The van der Waals surface area contributed by atoms with Gasteiger partial charge in [-0.25, -0.2) is 5.43 Å². The van der Waals surface area contributed by atoms with Crippen molar-refractivity contribution in [3.05, 3.63) is 0 Å². The average molecular weight is 222 g/mol. The molecule has 1 amide bonds. The van der Waals surface area contributed by atoms with Gasteiger partial charge in [0.05, 0.1) is 6.07 Å². The number of amides is 1. The number of carbonyl (C=O) groups is 1. The summed E-state index contributed by atoms with van der Waals surface area (Å²) in [6.07, 6.45) is 0.727. The molecule has 0 unspecified atom stereocenters. The van der Waals surface area contributed by atoms with Crippen LogP contribution in [0.4, 0.5) is 0 Å². The van der Waals surface area contributed by atoms with Crippen LogP contribution in [0.5, 0.6) is 0 Å². The first-order valence-electron chi connectivity index (χ1n) is 5.47. The molecule has 1 rings (SSSR count). The molecule has 1 saturated heterocycles. The Bertz CT molecular complexity index is 331. The Hall–Kier alpha value is -1.41. The molecule has 0 aliphatic carbocycles. The molecule has 88 valence electrons. The second-order valence-electron chi connectivity index (χ2n) is 4.37. The van der Waals surface area contributed by atoms with E-state index in [1.807, 2.05) is 0 Å². The Kier molecular flexibility index (Phi) is 4.44. The van der Waals surface area contributed by atoms with Gasteiger partial charge in [0.25, 0.3) is 5.91 Å². The van der Waals surface area contributed by atoms with Crippen molar-refractivity contribution in [2.45, 2.75) is 32.7 Å². The van der Waals surface area contributed by atoms with Gasteiger partial charge < -0.3 is 4.90 Å². The predicted molar refractivity (Wildman–Crippen MR) is 61.7 cm³/mol. The molecule has 5 nitrogen and oxygen atoms in total. The molecule has 1 heterocycles. The monoisotopic (exact) mass is 222 g/mol. The van der Waals surface area contributed by atoms with Crippen molar-refractivity contribution in [3.8, 4) is 6.07 Å². The molecule has 0 aromatic carbocycles. The summed E-state index contributed by atoms with van der Waals surface area (Å²) in [4.78, 5) is 13.4. The minimum Gasteiger partial charge on any atom is -0.303 e. The van der Waals surface area contributed by atoms with Crippen LogP contribution in [0.25, 0.3) is 0 Å². The van der Waals surface area contributed by atoms with E-state index in [2.05, 4.69) is 36.3 Å². The van der Waals surface area contributed by atoms with Gasteiger partial charge >= 0.3 is 0 Å². The normalized spacial score (nSPS) is 28.8. The van der Waals surface area contributed by atoms with Crippen molar-refractivity contribution < 1.29 is 4.79 Å². The first-order valence-corrected chi connectivity index (χ1v) is 5.47. The highest BCUT2D eigenvalue weighted by atomic mass is 16.2. The van der Waals surface area contributed by atoms with Crippen LogP contribution in [0.15, 0.2) is 5.10 Å². The molecule has 1 N–H and O–H groups in total. The van der Waals surface area contributed by atoms with Gasteiger partial charge in [-0.2, -0.15) is 10.4 Å². The van der Waals surface area contributed by atoms with E-state index in [0.29, 0.717) is 12.0 Å². The van der Waals surface area contributed by atoms with E-state index in [1.54, 1.807) is 6.07 Å². The van der Waals surface area contributed by atoms with Crippen molar-refractivity contribution >= 4 is 11.6 Å². The van der Waals surface area contributed by atoms with Crippen molar-refractivity contribution in [2.24, 2.45) is 11.0 Å². The van der Waals surface area contributed by atoms with Crippen LogP contribution in [-0.2, 0) is 4.79 Å². The number of likely N-dealkylation sites (tertiary alicyclic amines) is 1. The molecule has 1 aliphatic rings. The zero-order chi connectivity index (χ0) is 12.1. The predicted octanol–water partition coefficient (Wildman–Crippen LogP) is 0.732. The molecule has 0 radical (unpaired) electrons. The smallest absolute Gasteiger partial charge is 0.254 e. The Morgan fingerprint density at radius 2 is 2.38 bits per heavy atom. The number of nitrogens with one attached hydrogen (secondary N) is 1. The van der Waals surface area contributed by atoms with E-state index in [4.69, 9.17) is 5.26 Å². The van der Waals surface area contributed by atoms with E-state index in [9.17, 15) is 4.79 Å². The van der Waals surface area contributed by atoms with Crippen LogP contribution in [0, 0.1) is 17.2 Å². The van der Waals surface area contributed by atoms with Crippen molar-refractivity contribution in [1.29, 1.82) is 5.26 Å². The number of nitrogens with zero attached hydrogens (tertiary/aromatic N) is 3. The fraction of sp³-hybridized carbons (Fsp3) is 0.727. The summed E-state index contributed by atoms with van der Waals surface area (Å²) >= 11 is 0. The largest absolute Gasteiger partial charge is 0.303 e. The Labute approximate surface area is 96.1 Å². The zero-order valence-electron chi connectivity index (χ0n) is 10.0. The van der Waals surface area contributed by atoms with E-state index >= 15 is 0 Å². The molecule has 0 aromatic rings. The summed E-state index contributed by atoms with van der Waals surface area (Å²) in [7, 11) is 2.09. The van der Waals surface area contributed by atoms with Gasteiger partial charge in [0, 0.05) is 30.6 Å². The highest BCUT2D eigenvalue weighted by Crippen LogP contribution is 2.17. The maximum atomic E-state index is 11.1. The van der Waals surface area contributed by atoms with Crippen LogP contribution in [-0.4, -0.2) is 36.2 Å². The molecule has 1 fully saturated rings. The number of nitriles is 1. The van der Waals surface area contributed by atoms with Crippen LogP contribution in [0.3, 0.4) is 0 Å². The lowest BCUT2D eigenvalue weighted by atomic mass is 9.93. The number of hydrogen-bond acceptors (Lipinski definition) is 4. The molecule has 0 bridgehead atoms. The van der Waals surface area contributed by atoms with Crippen LogP contribution < -0.4 is 5.43 Å². The summed E-state index contributed by atoms with van der Waals surface area (Å²) < 4.78 is 0. The topological polar surface area (TPSA) is 68.5 Å². The lowest BCUT2D eigenvalue weighted by Crippen LogP contribution is -2.43.